The summed E-state index contributed by atoms with van der Waals surface area (Å²) < 4.78 is 20.8. The Morgan fingerprint density at radius 2 is 1.96 bits per heavy atom. The maximum absolute atomic E-state index is 12.3. The second kappa shape index (κ2) is 9.82. The molecule has 3 atom stereocenters. The lowest BCUT2D eigenvalue weighted by molar-refractivity contribution is -0.166. The van der Waals surface area contributed by atoms with Gasteiger partial charge in [0.1, 0.15) is 17.5 Å². The zero-order chi connectivity index (χ0) is 20.7. The fraction of sp³-hybridized carbons (Fsp3) is 0.526. The average molecular weight is 395 g/mol. The van der Waals surface area contributed by atoms with Crippen LogP contribution in [-0.4, -0.2) is 60.6 Å². The highest BCUT2D eigenvalue weighted by Gasteiger charge is 2.41. The highest BCUT2D eigenvalue weighted by Crippen LogP contribution is 2.27. The molecule has 0 aliphatic carbocycles. The van der Waals surface area contributed by atoms with Crippen molar-refractivity contribution in [2.75, 3.05) is 20.3 Å². The first-order valence-electron chi connectivity index (χ1n) is 9.00. The number of esters is 1. The summed E-state index contributed by atoms with van der Waals surface area (Å²) in [6.07, 6.45) is -1.56. The second-order valence-electron chi connectivity index (χ2n) is 6.39. The molecular weight excluding hydrogens is 370 g/mol. The molecule has 0 spiro atoms. The van der Waals surface area contributed by atoms with Crippen LogP contribution in [0.3, 0.4) is 0 Å². The molecule has 1 aliphatic rings. The van der Waals surface area contributed by atoms with Gasteiger partial charge in [-0.05, 0) is 18.6 Å². The number of carboxylic acids is 1. The number of methoxy groups -OCH3 is 1. The number of likely N-dealkylation sites (tertiary alicyclic amines) is 1. The predicted octanol–water partition coefficient (Wildman–Crippen LogP) is 2.28. The van der Waals surface area contributed by atoms with Gasteiger partial charge in [0.15, 0.2) is 0 Å². The van der Waals surface area contributed by atoms with E-state index in [0.717, 1.165) is 4.90 Å². The minimum atomic E-state index is -1.13. The lowest BCUT2D eigenvalue weighted by atomic mass is 10.1. The van der Waals surface area contributed by atoms with Gasteiger partial charge in [0.25, 0.3) is 0 Å². The van der Waals surface area contributed by atoms with Crippen molar-refractivity contribution in [2.45, 2.75) is 39.0 Å². The van der Waals surface area contributed by atoms with E-state index < -0.39 is 30.4 Å². The van der Waals surface area contributed by atoms with Gasteiger partial charge in [-0.15, -0.1) is 0 Å². The molecule has 9 nitrogen and oxygen atoms in total. The van der Waals surface area contributed by atoms with E-state index in [1.807, 2.05) is 0 Å². The molecule has 9 heteroatoms. The van der Waals surface area contributed by atoms with Crippen molar-refractivity contribution in [3.05, 3.63) is 24.3 Å². The van der Waals surface area contributed by atoms with E-state index in [2.05, 4.69) is 0 Å². The minimum Gasteiger partial charge on any atom is -0.497 e. The number of rotatable bonds is 8. The van der Waals surface area contributed by atoms with Crippen molar-refractivity contribution in [1.29, 1.82) is 0 Å². The Morgan fingerprint density at radius 1 is 1.25 bits per heavy atom. The summed E-state index contributed by atoms with van der Waals surface area (Å²) in [5.74, 6) is -0.589. The summed E-state index contributed by atoms with van der Waals surface area (Å²) in [5, 5.41) is 9.43. The molecule has 1 aliphatic heterocycles. The molecule has 0 saturated carbocycles. The Morgan fingerprint density at radius 3 is 2.61 bits per heavy atom. The van der Waals surface area contributed by atoms with Crippen LogP contribution in [0.25, 0.3) is 0 Å². The normalized spacial score (nSPS) is 19.6. The number of hydrogen-bond donors (Lipinski definition) is 1. The van der Waals surface area contributed by atoms with Gasteiger partial charge in [-0.1, -0.05) is 13.0 Å². The van der Waals surface area contributed by atoms with E-state index in [-0.39, 0.29) is 31.9 Å². The fourth-order valence-electron chi connectivity index (χ4n) is 2.89. The van der Waals surface area contributed by atoms with E-state index in [1.54, 1.807) is 38.3 Å². The van der Waals surface area contributed by atoms with Crippen LogP contribution in [0.1, 0.15) is 26.7 Å². The van der Waals surface area contributed by atoms with Crippen LogP contribution in [0.2, 0.25) is 0 Å². The van der Waals surface area contributed by atoms with Crippen LogP contribution < -0.4 is 9.47 Å². The number of aliphatic carboxylic acids is 1. The number of hydrogen-bond acceptors (Lipinski definition) is 7. The topological polar surface area (TPSA) is 112 Å². The second-order valence-corrected chi connectivity index (χ2v) is 6.39. The molecule has 1 amide bonds. The number of carbonyl (C=O) groups excluding carboxylic acids is 2. The maximum atomic E-state index is 12.3. The molecule has 1 aromatic carbocycles. The number of carbonyl (C=O) groups is 3. The van der Waals surface area contributed by atoms with Gasteiger partial charge < -0.3 is 24.1 Å². The highest BCUT2D eigenvalue weighted by atomic mass is 16.7. The minimum absolute atomic E-state index is 0.146. The first kappa shape index (κ1) is 21.3. The molecule has 154 valence electrons. The van der Waals surface area contributed by atoms with E-state index in [0.29, 0.717) is 11.5 Å². The zero-order valence-corrected chi connectivity index (χ0v) is 16.1. The van der Waals surface area contributed by atoms with Crippen LogP contribution in [0.15, 0.2) is 24.3 Å². The molecule has 0 aromatic heterocycles. The molecule has 28 heavy (non-hydrogen) atoms. The maximum Gasteiger partial charge on any atom is 0.413 e. The standard InChI is InChI=1S/C19H25NO8/c1-4-17(21)27-12(2)28-19(24)20-10-13(8-16(20)18(22)23)11-26-15-7-5-6-14(9-15)25-3/h5-7,9,12-13,16H,4,8,10-11H2,1-3H3,(H,22,23)/t12-,13+,16+/m1/s1. The van der Waals surface area contributed by atoms with Crippen molar-refractivity contribution in [3.63, 3.8) is 0 Å². The van der Waals surface area contributed by atoms with Crippen LogP contribution in [0.4, 0.5) is 4.79 Å². The SMILES string of the molecule is CCC(=O)O[C@@H](C)OC(=O)N1C[C@@H](COc2cccc(OC)c2)C[C@H]1C(=O)O. The molecule has 0 unspecified atom stereocenters. The van der Waals surface area contributed by atoms with Crippen molar-refractivity contribution >= 4 is 18.0 Å². The lowest BCUT2D eigenvalue weighted by Gasteiger charge is -2.23. The third-order valence-corrected chi connectivity index (χ3v) is 4.29. The Bertz CT molecular complexity index is 707. The van der Waals surface area contributed by atoms with E-state index in [1.165, 1.54) is 6.92 Å². The van der Waals surface area contributed by atoms with Gasteiger partial charge in [0, 0.05) is 31.9 Å². The van der Waals surface area contributed by atoms with E-state index in [4.69, 9.17) is 18.9 Å². The summed E-state index contributed by atoms with van der Waals surface area (Å²) >= 11 is 0. The largest absolute Gasteiger partial charge is 0.497 e. The number of nitrogens with zero attached hydrogens (tertiary/aromatic N) is 1. The highest BCUT2D eigenvalue weighted by molar-refractivity contribution is 5.81. The summed E-state index contributed by atoms with van der Waals surface area (Å²) in [4.78, 5) is 36.3. The molecule has 1 aromatic rings. The van der Waals surface area contributed by atoms with Crippen LogP contribution in [0.5, 0.6) is 11.5 Å². The smallest absolute Gasteiger partial charge is 0.413 e. The summed E-state index contributed by atoms with van der Waals surface area (Å²) in [6.45, 7) is 3.42. The number of ether oxygens (including phenoxy) is 4. The van der Waals surface area contributed by atoms with Crippen molar-refractivity contribution in [1.82, 2.24) is 4.90 Å². The molecule has 1 heterocycles. The Kier molecular flexibility index (Phi) is 7.48. The van der Waals surface area contributed by atoms with Gasteiger partial charge in [-0.25, -0.2) is 9.59 Å². The molecule has 1 N–H and O–H groups in total. The summed E-state index contributed by atoms with van der Waals surface area (Å²) in [5.41, 5.74) is 0. The molecule has 1 saturated heterocycles. The van der Waals surface area contributed by atoms with Gasteiger partial charge in [0.2, 0.25) is 6.29 Å². The first-order chi connectivity index (χ1) is 13.3. The lowest BCUT2D eigenvalue weighted by Crippen LogP contribution is -2.42. The first-order valence-corrected chi connectivity index (χ1v) is 9.00. The monoisotopic (exact) mass is 395 g/mol. The summed E-state index contributed by atoms with van der Waals surface area (Å²) in [7, 11) is 1.55. The fourth-order valence-corrected chi connectivity index (χ4v) is 2.89. The van der Waals surface area contributed by atoms with Crippen molar-refractivity contribution in [3.8, 4) is 11.5 Å². The van der Waals surface area contributed by atoms with E-state index >= 15 is 0 Å². The van der Waals surface area contributed by atoms with Crippen LogP contribution >= 0.6 is 0 Å². The van der Waals surface area contributed by atoms with Crippen molar-refractivity contribution < 1.29 is 38.4 Å². The Hall–Kier alpha value is -2.97. The van der Waals surface area contributed by atoms with Gasteiger partial charge >= 0.3 is 18.0 Å². The Labute approximate surface area is 163 Å². The average Bonchev–Trinajstić information content (AvgIpc) is 3.11. The molecular formula is C19H25NO8. The number of carboxylic acid groups (broad SMARTS) is 1. The zero-order valence-electron chi connectivity index (χ0n) is 16.1. The third-order valence-electron chi connectivity index (χ3n) is 4.29. The number of benzene rings is 1. The van der Waals surface area contributed by atoms with Crippen LogP contribution in [-0.2, 0) is 19.1 Å². The van der Waals surface area contributed by atoms with E-state index in [9.17, 15) is 19.5 Å². The van der Waals surface area contributed by atoms with Gasteiger partial charge in [0.05, 0.1) is 13.7 Å². The third kappa shape index (κ3) is 5.77. The summed E-state index contributed by atoms with van der Waals surface area (Å²) in [6, 6.07) is 6.03. The van der Waals surface area contributed by atoms with Gasteiger partial charge in [-0.2, -0.15) is 0 Å². The van der Waals surface area contributed by atoms with Gasteiger partial charge in [-0.3, -0.25) is 9.69 Å². The van der Waals surface area contributed by atoms with Crippen molar-refractivity contribution in [2.24, 2.45) is 5.92 Å². The molecule has 2 rings (SSSR count). The Balaban J connectivity index is 1.94. The molecule has 0 radical (unpaired) electrons. The number of amides is 1. The van der Waals surface area contributed by atoms with Crippen LogP contribution in [0, 0.1) is 5.92 Å². The predicted molar refractivity (Wildman–Crippen MR) is 97.1 cm³/mol. The molecule has 0 bridgehead atoms. The quantitative estimate of drug-likeness (QED) is 0.527. The molecule has 1 fully saturated rings.